The summed E-state index contributed by atoms with van der Waals surface area (Å²) in [5.74, 6) is 6.72. The van der Waals surface area contributed by atoms with Gasteiger partial charge < -0.3 is 29.9 Å². The van der Waals surface area contributed by atoms with E-state index < -0.39 is 37.1 Å². The van der Waals surface area contributed by atoms with Gasteiger partial charge in [0.15, 0.2) is 0 Å². The average molecular weight is 496 g/mol. The predicted molar refractivity (Wildman–Crippen MR) is 130 cm³/mol. The van der Waals surface area contributed by atoms with E-state index in [-0.39, 0.29) is 0 Å². The molecule has 35 heavy (non-hydrogen) atoms. The quantitative estimate of drug-likeness (QED) is 0.402. The Morgan fingerprint density at radius 1 is 0.943 bits per heavy atom. The summed E-state index contributed by atoms with van der Waals surface area (Å²) in [5, 5.41) is 40.6. The van der Waals surface area contributed by atoms with Gasteiger partial charge >= 0.3 is 0 Å². The number of nitrogens with zero attached hydrogens (tertiary/aromatic N) is 1. The number of benzene rings is 2. The van der Waals surface area contributed by atoms with Crippen LogP contribution in [0, 0.1) is 11.8 Å². The number of hydrogen-bond acceptors (Lipinski definition) is 7. The van der Waals surface area contributed by atoms with Crippen LogP contribution >= 0.6 is 11.6 Å². The third-order valence-corrected chi connectivity index (χ3v) is 6.30. The molecular weight excluding hydrogens is 470 g/mol. The van der Waals surface area contributed by atoms with Crippen molar-refractivity contribution in [1.82, 2.24) is 4.98 Å². The molecule has 182 valence electrons. The highest BCUT2D eigenvalue weighted by molar-refractivity contribution is 6.31. The van der Waals surface area contributed by atoms with Crippen LogP contribution in [0.1, 0.15) is 33.9 Å². The molecule has 1 fully saturated rings. The molecule has 0 aliphatic carbocycles. The first-order valence-corrected chi connectivity index (χ1v) is 11.5. The van der Waals surface area contributed by atoms with Crippen LogP contribution in [-0.2, 0) is 11.2 Å². The monoisotopic (exact) mass is 495 g/mol. The van der Waals surface area contributed by atoms with Crippen LogP contribution in [0.5, 0.6) is 5.88 Å². The number of methoxy groups -OCH3 is 1. The Morgan fingerprint density at radius 2 is 1.66 bits per heavy atom. The summed E-state index contributed by atoms with van der Waals surface area (Å²) < 4.78 is 10.7. The molecule has 0 radical (unpaired) electrons. The second kappa shape index (κ2) is 11.2. The smallest absolute Gasteiger partial charge is 0.212 e. The minimum Gasteiger partial charge on any atom is -0.481 e. The van der Waals surface area contributed by atoms with Crippen molar-refractivity contribution in [3.8, 4) is 17.7 Å². The maximum absolute atomic E-state index is 10.4. The highest BCUT2D eigenvalue weighted by atomic mass is 35.5. The zero-order valence-electron chi connectivity index (χ0n) is 19.0. The first-order valence-electron chi connectivity index (χ1n) is 11.1. The van der Waals surface area contributed by atoms with Crippen LogP contribution in [-0.4, -0.2) is 63.5 Å². The fraction of sp³-hybridized carbons (Fsp3) is 0.296. The SMILES string of the molecule is COc1ccc(C#Cc2ccc(Cc3cc([C@@H]4O[C@H](CO)[C@@H](O)C(O)[C@H]4O)ccc3Cl)cc2)cn1. The van der Waals surface area contributed by atoms with Crippen molar-refractivity contribution < 1.29 is 29.9 Å². The summed E-state index contributed by atoms with van der Waals surface area (Å²) >= 11 is 6.43. The Hall–Kier alpha value is -2.96. The molecule has 1 aliphatic rings. The zero-order valence-corrected chi connectivity index (χ0v) is 19.8. The third-order valence-electron chi connectivity index (χ3n) is 5.94. The molecule has 2 aromatic carbocycles. The lowest BCUT2D eigenvalue weighted by Gasteiger charge is -2.40. The molecular formula is C27H26ClNO6. The Morgan fingerprint density at radius 3 is 2.31 bits per heavy atom. The Bertz CT molecular complexity index is 1200. The average Bonchev–Trinajstić information content (AvgIpc) is 2.89. The summed E-state index contributed by atoms with van der Waals surface area (Å²) in [4.78, 5) is 4.14. The van der Waals surface area contributed by atoms with Crippen molar-refractivity contribution in [2.24, 2.45) is 0 Å². The van der Waals surface area contributed by atoms with E-state index in [2.05, 4.69) is 16.8 Å². The molecule has 4 rings (SSSR count). The van der Waals surface area contributed by atoms with Crippen LogP contribution in [0.15, 0.2) is 60.8 Å². The topological polar surface area (TPSA) is 112 Å². The summed E-state index contributed by atoms with van der Waals surface area (Å²) in [6.07, 6.45) is -3.88. The normalized spacial score (nSPS) is 23.9. The molecule has 4 N–H and O–H groups in total. The molecule has 7 nitrogen and oxygen atoms in total. The van der Waals surface area contributed by atoms with E-state index in [1.165, 1.54) is 0 Å². The number of halogens is 1. The Labute approximate surface area is 208 Å². The van der Waals surface area contributed by atoms with Crippen LogP contribution in [0.25, 0.3) is 0 Å². The van der Waals surface area contributed by atoms with Gasteiger partial charge in [-0.25, -0.2) is 4.98 Å². The third kappa shape index (κ3) is 5.82. The predicted octanol–water partition coefficient (Wildman–Crippen LogP) is 2.25. The van der Waals surface area contributed by atoms with Gasteiger partial charge in [-0.05, 0) is 47.4 Å². The van der Waals surface area contributed by atoms with Crippen molar-refractivity contribution >= 4 is 11.6 Å². The fourth-order valence-electron chi connectivity index (χ4n) is 3.93. The maximum atomic E-state index is 10.4. The Balaban J connectivity index is 1.49. The highest BCUT2D eigenvalue weighted by Gasteiger charge is 2.44. The summed E-state index contributed by atoms with van der Waals surface area (Å²) in [7, 11) is 1.56. The number of ether oxygens (including phenoxy) is 2. The number of rotatable bonds is 5. The molecule has 5 atom stereocenters. The molecule has 1 saturated heterocycles. The lowest BCUT2D eigenvalue weighted by atomic mass is 9.90. The van der Waals surface area contributed by atoms with E-state index >= 15 is 0 Å². The van der Waals surface area contributed by atoms with Crippen LogP contribution in [0.2, 0.25) is 5.02 Å². The summed E-state index contributed by atoms with van der Waals surface area (Å²) in [6, 6.07) is 16.6. The van der Waals surface area contributed by atoms with Gasteiger partial charge in [0.05, 0.1) is 13.7 Å². The summed E-state index contributed by atoms with van der Waals surface area (Å²) in [5.41, 5.74) is 4.05. The van der Waals surface area contributed by atoms with E-state index in [0.29, 0.717) is 22.9 Å². The standard InChI is InChI=1S/C27H26ClNO6/c1-34-23-11-8-18(14-29-23)7-4-16-2-5-17(6-3-16)12-20-13-19(9-10-21(20)28)27-26(33)25(32)24(31)22(15-30)35-27/h2-3,5-6,8-11,13-14,22,24-27,30-33H,12,15H2,1H3/t22-,24-,25?,26-,27+/m1/s1. The minimum atomic E-state index is -1.44. The van der Waals surface area contributed by atoms with Gasteiger partial charge in [-0.3, -0.25) is 0 Å². The van der Waals surface area contributed by atoms with Gasteiger partial charge in [-0.2, -0.15) is 0 Å². The molecule has 0 spiro atoms. The van der Waals surface area contributed by atoms with Crippen LogP contribution in [0.3, 0.4) is 0 Å². The first kappa shape index (κ1) is 25.1. The van der Waals surface area contributed by atoms with Gasteiger partial charge in [0.2, 0.25) is 5.88 Å². The lowest BCUT2D eigenvalue weighted by molar-refractivity contribution is -0.231. The van der Waals surface area contributed by atoms with Gasteiger partial charge in [-0.15, -0.1) is 0 Å². The molecule has 1 aromatic heterocycles. The number of aliphatic hydroxyl groups excluding tert-OH is 4. The van der Waals surface area contributed by atoms with Crippen molar-refractivity contribution in [2.45, 2.75) is 36.9 Å². The van der Waals surface area contributed by atoms with Crippen LogP contribution < -0.4 is 4.74 Å². The molecule has 1 aliphatic heterocycles. The van der Waals surface area contributed by atoms with E-state index in [1.54, 1.807) is 37.6 Å². The number of pyridine rings is 1. The largest absolute Gasteiger partial charge is 0.481 e. The molecule has 3 aromatic rings. The van der Waals surface area contributed by atoms with Crippen molar-refractivity contribution in [3.63, 3.8) is 0 Å². The second-order valence-corrected chi connectivity index (χ2v) is 8.72. The van der Waals surface area contributed by atoms with E-state index in [4.69, 9.17) is 21.1 Å². The molecule has 0 saturated carbocycles. The van der Waals surface area contributed by atoms with Gasteiger partial charge in [0.1, 0.15) is 30.5 Å². The van der Waals surface area contributed by atoms with Gasteiger partial charge in [0, 0.05) is 28.4 Å². The number of aliphatic hydroxyl groups is 4. The Kier molecular flexibility index (Phi) is 8.04. The van der Waals surface area contributed by atoms with Crippen LogP contribution in [0.4, 0.5) is 0 Å². The van der Waals surface area contributed by atoms with Crippen molar-refractivity contribution in [2.75, 3.05) is 13.7 Å². The minimum absolute atomic E-state index is 0.480. The van der Waals surface area contributed by atoms with Crippen molar-refractivity contribution in [1.29, 1.82) is 0 Å². The van der Waals surface area contributed by atoms with E-state index in [0.717, 1.165) is 22.3 Å². The number of hydrogen-bond donors (Lipinski definition) is 4. The number of aromatic nitrogens is 1. The lowest BCUT2D eigenvalue weighted by Crippen LogP contribution is -2.55. The fourth-order valence-corrected chi connectivity index (χ4v) is 4.11. The molecule has 2 heterocycles. The maximum Gasteiger partial charge on any atom is 0.212 e. The second-order valence-electron chi connectivity index (χ2n) is 8.31. The van der Waals surface area contributed by atoms with Gasteiger partial charge in [0.25, 0.3) is 0 Å². The molecule has 0 bridgehead atoms. The highest BCUT2D eigenvalue weighted by Crippen LogP contribution is 2.34. The van der Waals surface area contributed by atoms with E-state index in [9.17, 15) is 20.4 Å². The molecule has 1 unspecified atom stereocenters. The first-order chi connectivity index (χ1) is 16.9. The molecule has 8 heteroatoms. The molecule has 0 amide bonds. The van der Waals surface area contributed by atoms with E-state index in [1.807, 2.05) is 30.3 Å². The van der Waals surface area contributed by atoms with Gasteiger partial charge in [-0.1, -0.05) is 47.7 Å². The summed E-state index contributed by atoms with van der Waals surface area (Å²) in [6.45, 7) is -0.480. The van der Waals surface area contributed by atoms with Crippen molar-refractivity contribution in [3.05, 3.63) is 93.6 Å². The zero-order chi connectivity index (χ0) is 24.9.